The molecule has 1 aromatic rings. The number of rotatable bonds is 3. The van der Waals surface area contributed by atoms with Gasteiger partial charge in [-0.1, -0.05) is 23.7 Å². The molecule has 0 aliphatic heterocycles. The molecule has 3 unspecified atom stereocenters. The lowest BCUT2D eigenvalue weighted by Gasteiger charge is -2.20. The van der Waals surface area contributed by atoms with Gasteiger partial charge < -0.3 is 10.5 Å². The quantitative estimate of drug-likeness (QED) is 0.504. The zero-order valence-corrected chi connectivity index (χ0v) is 11.7. The molecule has 1 aromatic carbocycles. The van der Waals surface area contributed by atoms with Crippen molar-refractivity contribution >= 4 is 17.3 Å². The second kappa shape index (κ2) is 5.27. The smallest absolute Gasteiger partial charge is 0.227 e. The van der Waals surface area contributed by atoms with Crippen LogP contribution in [0.3, 0.4) is 0 Å². The minimum atomic E-state index is 0.164. The number of oxime groups is 1. The van der Waals surface area contributed by atoms with Crippen molar-refractivity contribution in [2.45, 2.75) is 32.6 Å². The SMILES string of the molecule is C/C(=N/O)c1ccc(NC(=O)C2CC3CCC2C3)cc1. The number of carbonyl (C=O) groups excluding carboxylic acids is 1. The van der Waals surface area contributed by atoms with Crippen molar-refractivity contribution in [2.24, 2.45) is 22.9 Å². The third kappa shape index (κ3) is 2.42. The van der Waals surface area contributed by atoms with Crippen molar-refractivity contribution in [3.63, 3.8) is 0 Å². The summed E-state index contributed by atoms with van der Waals surface area (Å²) in [7, 11) is 0. The number of nitrogens with one attached hydrogen (secondary N) is 1. The maximum atomic E-state index is 12.3. The van der Waals surface area contributed by atoms with Gasteiger partial charge in [0.1, 0.15) is 0 Å². The fraction of sp³-hybridized carbons (Fsp3) is 0.500. The van der Waals surface area contributed by atoms with Gasteiger partial charge in [0.15, 0.2) is 0 Å². The summed E-state index contributed by atoms with van der Waals surface area (Å²) in [4.78, 5) is 12.3. The van der Waals surface area contributed by atoms with Gasteiger partial charge >= 0.3 is 0 Å². The summed E-state index contributed by atoms with van der Waals surface area (Å²) in [6.45, 7) is 1.74. The Balaban J connectivity index is 1.64. The van der Waals surface area contributed by atoms with Gasteiger partial charge in [0, 0.05) is 11.6 Å². The van der Waals surface area contributed by atoms with Gasteiger partial charge in [-0.15, -0.1) is 0 Å². The van der Waals surface area contributed by atoms with Crippen molar-refractivity contribution in [1.82, 2.24) is 0 Å². The second-order valence-corrected chi connectivity index (χ2v) is 6.03. The van der Waals surface area contributed by atoms with Crippen molar-refractivity contribution < 1.29 is 10.0 Å². The lowest BCUT2D eigenvalue weighted by molar-refractivity contribution is -0.121. The molecule has 2 N–H and O–H groups in total. The van der Waals surface area contributed by atoms with Crippen LogP contribution in [0.5, 0.6) is 0 Å². The van der Waals surface area contributed by atoms with Gasteiger partial charge in [0.25, 0.3) is 0 Å². The average Bonchev–Trinajstić information content (AvgIpc) is 3.10. The predicted octanol–water partition coefficient (Wildman–Crippen LogP) is 3.26. The van der Waals surface area contributed by atoms with Crippen molar-refractivity contribution in [2.75, 3.05) is 5.32 Å². The van der Waals surface area contributed by atoms with Crippen LogP contribution >= 0.6 is 0 Å². The normalized spacial score (nSPS) is 28.6. The van der Waals surface area contributed by atoms with Crippen molar-refractivity contribution in [3.05, 3.63) is 29.8 Å². The van der Waals surface area contributed by atoms with Gasteiger partial charge in [-0.3, -0.25) is 4.79 Å². The largest absolute Gasteiger partial charge is 0.411 e. The molecular weight excluding hydrogens is 252 g/mol. The van der Waals surface area contributed by atoms with Crippen LogP contribution in [0.2, 0.25) is 0 Å². The predicted molar refractivity (Wildman–Crippen MR) is 78.0 cm³/mol. The maximum absolute atomic E-state index is 12.3. The summed E-state index contributed by atoms with van der Waals surface area (Å²) in [5.74, 6) is 1.75. The summed E-state index contributed by atoms with van der Waals surface area (Å²) in [5, 5.41) is 14.9. The molecule has 20 heavy (non-hydrogen) atoms. The number of amides is 1. The first-order chi connectivity index (χ1) is 9.67. The van der Waals surface area contributed by atoms with Crippen LogP contribution in [0.1, 0.15) is 38.2 Å². The van der Waals surface area contributed by atoms with E-state index in [9.17, 15) is 4.79 Å². The molecule has 106 valence electrons. The minimum Gasteiger partial charge on any atom is -0.411 e. The lowest BCUT2D eigenvalue weighted by atomic mass is 9.88. The summed E-state index contributed by atoms with van der Waals surface area (Å²) in [6.07, 6.45) is 4.82. The molecule has 3 atom stereocenters. The highest BCUT2D eigenvalue weighted by Crippen LogP contribution is 2.48. The van der Waals surface area contributed by atoms with Gasteiger partial charge in [-0.25, -0.2) is 0 Å². The van der Waals surface area contributed by atoms with E-state index in [4.69, 9.17) is 5.21 Å². The van der Waals surface area contributed by atoms with Crippen LogP contribution in [-0.2, 0) is 4.79 Å². The Morgan fingerprint density at radius 3 is 2.55 bits per heavy atom. The molecule has 0 spiro atoms. The fourth-order valence-corrected chi connectivity index (χ4v) is 3.65. The van der Waals surface area contributed by atoms with Crippen LogP contribution in [0.25, 0.3) is 0 Å². The van der Waals surface area contributed by atoms with Crippen LogP contribution in [-0.4, -0.2) is 16.8 Å². The number of hydrogen-bond acceptors (Lipinski definition) is 3. The van der Waals surface area contributed by atoms with Gasteiger partial charge in [0.2, 0.25) is 5.91 Å². The molecule has 2 fully saturated rings. The van der Waals surface area contributed by atoms with E-state index in [1.54, 1.807) is 6.92 Å². The number of anilines is 1. The Bertz CT molecular complexity index is 536. The number of carbonyl (C=O) groups is 1. The Morgan fingerprint density at radius 2 is 2.00 bits per heavy atom. The maximum Gasteiger partial charge on any atom is 0.227 e. The van der Waals surface area contributed by atoms with Crippen LogP contribution < -0.4 is 5.32 Å². The van der Waals surface area contributed by atoms with Crippen molar-refractivity contribution in [3.8, 4) is 0 Å². The van der Waals surface area contributed by atoms with Gasteiger partial charge in [0.05, 0.1) is 5.71 Å². The molecule has 2 saturated carbocycles. The van der Waals surface area contributed by atoms with Crippen LogP contribution in [0, 0.1) is 17.8 Å². The first kappa shape index (κ1) is 13.2. The monoisotopic (exact) mass is 272 g/mol. The van der Waals surface area contributed by atoms with E-state index in [1.165, 1.54) is 19.3 Å². The van der Waals surface area contributed by atoms with E-state index in [-0.39, 0.29) is 11.8 Å². The standard InChI is InChI=1S/C16H20N2O2/c1-10(18-20)12-4-6-14(7-5-12)17-16(19)15-9-11-2-3-13(15)8-11/h4-7,11,13,15,20H,2-3,8-9H2,1H3,(H,17,19)/b18-10-. The van der Waals surface area contributed by atoms with E-state index < -0.39 is 0 Å². The van der Waals surface area contributed by atoms with Gasteiger partial charge in [-0.05, 0) is 55.7 Å². The summed E-state index contributed by atoms with van der Waals surface area (Å²) >= 11 is 0. The van der Waals surface area contributed by atoms with E-state index in [2.05, 4.69) is 10.5 Å². The first-order valence-corrected chi connectivity index (χ1v) is 7.27. The molecule has 0 saturated heterocycles. The number of benzene rings is 1. The molecule has 3 rings (SSSR count). The highest BCUT2D eigenvalue weighted by atomic mass is 16.4. The number of fused-ring (bicyclic) bond motifs is 2. The molecular formula is C16H20N2O2. The summed E-state index contributed by atoms with van der Waals surface area (Å²) in [5.41, 5.74) is 2.23. The van der Waals surface area contributed by atoms with Crippen LogP contribution in [0.4, 0.5) is 5.69 Å². The first-order valence-electron chi connectivity index (χ1n) is 7.27. The highest BCUT2D eigenvalue weighted by Gasteiger charge is 2.42. The molecule has 2 bridgehead atoms. The Morgan fingerprint density at radius 1 is 1.25 bits per heavy atom. The highest BCUT2D eigenvalue weighted by molar-refractivity contribution is 5.99. The van der Waals surface area contributed by atoms with E-state index >= 15 is 0 Å². The Labute approximate surface area is 118 Å². The lowest BCUT2D eigenvalue weighted by Crippen LogP contribution is -2.27. The molecule has 4 heteroatoms. The Hall–Kier alpha value is -1.84. The summed E-state index contributed by atoms with van der Waals surface area (Å²) in [6, 6.07) is 7.42. The molecule has 2 aliphatic carbocycles. The zero-order chi connectivity index (χ0) is 14.1. The Kier molecular flexibility index (Phi) is 3.47. The summed E-state index contributed by atoms with van der Waals surface area (Å²) < 4.78 is 0. The average molecular weight is 272 g/mol. The minimum absolute atomic E-state index is 0.164. The molecule has 2 aliphatic rings. The second-order valence-electron chi connectivity index (χ2n) is 6.03. The number of hydrogen-bond donors (Lipinski definition) is 2. The van der Waals surface area contributed by atoms with Crippen LogP contribution in [0.15, 0.2) is 29.4 Å². The molecule has 0 aromatic heterocycles. The van der Waals surface area contributed by atoms with Crippen molar-refractivity contribution in [1.29, 1.82) is 0 Å². The molecule has 1 amide bonds. The van der Waals surface area contributed by atoms with E-state index in [0.717, 1.165) is 23.6 Å². The topological polar surface area (TPSA) is 61.7 Å². The molecule has 4 nitrogen and oxygen atoms in total. The fourth-order valence-electron chi connectivity index (χ4n) is 3.65. The van der Waals surface area contributed by atoms with E-state index in [1.807, 2.05) is 24.3 Å². The third-order valence-electron chi connectivity index (χ3n) is 4.80. The van der Waals surface area contributed by atoms with E-state index in [0.29, 0.717) is 11.6 Å². The van der Waals surface area contributed by atoms with Gasteiger partial charge in [-0.2, -0.15) is 0 Å². The number of nitrogens with zero attached hydrogens (tertiary/aromatic N) is 1. The molecule has 0 heterocycles. The zero-order valence-electron chi connectivity index (χ0n) is 11.7. The third-order valence-corrected chi connectivity index (χ3v) is 4.80. The molecule has 0 radical (unpaired) electrons.